The highest BCUT2D eigenvalue weighted by Crippen LogP contribution is 2.42. The summed E-state index contributed by atoms with van der Waals surface area (Å²) in [6.07, 6.45) is 0.665. The number of hydrogen-bond donors (Lipinski definition) is 1. The number of carboxylic acid groups (broad SMARTS) is 1. The lowest BCUT2D eigenvalue weighted by Crippen LogP contribution is -2.52. The zero-order valence-electron chi connectivity index (χ0n) is 13.1. The molecule has 1 aromatic rings. The lowest BCUT2D eigenvalue weighted by molar-refractivity contribution is -0.153. The van der Waals surface area contributed by atoms with Crippen molar-refractivity contribution in [2.75, 3.05) is 33.2 Å². The summed E-state index contributed by atoms with van der Waals surface area (Å²) in [5.74, 6) is -3.97. The zero-order valence-corrected chi connectivity index (χ0v) is 13.8. The van der Waals surface area contributed by atoms with Crippen molar-refractivity contribution in [3.63, 3.8) is 0 Å². The highest BCUT2D eigenvalue weighted by Gasteiger charge is 2.55. The minimum absolute atomic E-state index is 0.0332. The third-order valence-electron chi connectivity index (χ3n) is 5.06. The van der Waals surface area contributed by atoms with Crippen LogP contribution in [0.3, 0.4) is 0 Å². The molecule has 0 bridgehead atoms. The molecule has 2 aliphatic rings. The van der Waals surface area contributed by atoms with E-state index in [2.05, 4.69) is 0 Å². The van der Waals surface area contributed by atoms with Gasteiger partial charge in [-0.15, -0.1) is 0 Å². The first-order valence-electron chi connectivity index (χ1n) is 7.60. The van der Waals surface area contributed by atoms with Crippen LogP contribution < -0.4 is 0 Å². The number of nitrogens with zero attached hydrogens (tertiary/aromatic N) is 2. The highest BCUT2D eigenvalue weighted by atomic mass is 35.5. The molecule has 2 heterocycles. The number of rotatable bonds is 2. The summed E-state index contributed by atoms with van der Waals surface area (Å²) < 4.78 is 26.6. The minimum Gasteiger partial charge on any atom is -0.481 e. The van der Waals surface area contributed by atoms with Gasteiger partial charge in [-0.1, -0.05) is 11.6 Å². The first-order chi connectivity index (χ1) is 11.2. The Hall–Kier alpha value is -1.73. The quantitative estimate of drug-likeness (QED) is 0.822. The molecule has 0 aromatic heterocycles. The standard InChI is InChI=1S/C16H17ClF2N2O3/c1-20-3-2-9-6-21(8-16(9,7-20)15(23)24)14(22)10-4-12(18)13(19)5-11(10)17/h4-5,9H,2-3,6-8H2,1H3,(H,23,24)/t9-,16-/m0/s1. The third-order valence-corrected chi connectivity index (χ3v) is 5.37. The van der Waals surface area contributed by atoms with Crippen LogP contribution in [0.15, 0.2) is 12.1 Å². The van der Waals surface area contributed by atoms with Gasteiger partial charge in [0.05, 0.1) is 10.6 Å². The number of aliphatic carboxylic acids is 1. The number of carbonyl (C=O) groups excluding carboxylic acids is 1. The van der Waals surface area contributed by atoms with Gasteiger partial charge in [-0.05, 0) is 38.1 Å². The second kappa shape index (κ2) is 5.97. The Morgan fingerprint density at radius 3 is 2.62 bits per heavy atom. The predicted molar refractivity (Wildman–Crippen MR) is 82.9 cm³/mol. The lowest BCUT2D eigenvalue weighted by Gasteiger charge is -2.39. The Balaban J connectivity index is 1.90. The van der Waals surface area contributed by atoms with Gasteiger partial charge in [-0.3, -0.25) is 9.59 Å². The fraction of sp³-hybridized carbons (Fsp3) is 0.500. The van der Waals surface area contributed by atoms with Crippen molar-refractivity contribution < 1.29 is 23.5 Å². The van der Waals surface area contributed by atoms with E-state index in [1.807, 2.05) is 11.9 Å². The van der Waals surface area contributed by atoms with E-state index in [0.29, 0.717) is 13.0 Å². The average Bonchev–Trinajstić information content (AvgIpc) is 2.90. The molecule has 1 N–H and O–H groups in total. The van der Waals surface area contributed by atoms with Gasteiger partial charge >= 0.3 is 5.97 Å². The summed E-state index contributed by atoms with van der Waals surface area (Å²) in [6, 6.07) is 1.52. The summed E-state index contributed by atoms with van der Waals surface area (Å²) in [5.41, 5.74) is -1.18. The van der Waals surface area contributed by atoms with Crippen LogP contribution in [-0.2, 0) is 4.79 Å². The summed E-state index contributed by atoms with van der Waals surface area (Å²) >= 11 is 5.87. The fourth-order valence-corrected chi connectivity index (χ4v) is 4.01. The molecule has 3 rings (SSSR count). The first-order valence-corrected chi connectivity index (χ1v) is 7.98. The molecule has 2 aliphatic heterocycles. The van der Waals surface area contributed by atoms with Gasteiger partial charge in [-0.25, -0.2) is 8.78 Å². The smallest absolute Gasteiger partial charge is 0.313 e. The Bertz CT molecular complexity index is 715. The summed E-state index contributed by atoms with van der Waals surface area (Å²) in [4.78, 5) is 27.9. The summed E-state index contributed by atoms with van der Waals surface area (Å²) in [7, 11) is 1.84. The van der Waals surface area contributed by atoms with Crippen LogP contribution in [0.2, 0.25) is 5.02 Å². The molecule has 0 spiro atoms. The van der Waals surface area contributed by atoms with Crippen molar-refractivity contribution in [1.29, 1.82) is 0 Å². The number of carboxylic acids is 1. The maximum absolute atomic E-state index is 13.5. The third kappa shape index (κ3) is 2.65. The number of fused-ring (bicyclic) bond motifs is 1. The Labute approximate surface area is 142 Å². The van der Waals surface area contributed by atoms with Gasteiger partial charge in [-0.2, -0.15) is 0 Å². The fourth-order valence-electron chi connectivity index (χ4n) is 3.78. The van der Waals surface area contributed by atoms with Crippen molar-refractivity contribution in [3.05, 3.63) is 34.4 Å². The van der Waals surface area contributed by atoms with E-state index >= 15 is 0 Å². The molecule has 2 atom stereocenters. The number of benzene rings is 1. The zero-order chi connectivity index (χ0) is 17.6. The summed E-state index contributed by atoms with van der Waals surface area (Å²) in [6.45, 7) is 1.41. The van der Waals surface area contributed by atoms with Crippen molar-refractivity contribution >= 4 is 23.5 Å². The molecule has 0 aliphatic carbocycles. The normalized spacial score (nSPS) is 27.2. The van der Waals surface area contributed by atoms with Crippen molar-refractivity contribution in [1.82, 2.24) is 9.80 Å². The van der Waals surface area contributed by atoms with E-state index in [1.54, 1.807) is 0 Å². The van der Waals surface area contributed by atoms with E-state index in [4.69, 9.17) is 11.6 Å². The molecule has 0 radical (unpaired) electrons. The molecule has 5 nitrogen and oxygen atoms in total. The number of amides is 1. The van der Waals surface area contributed by atoms with Gasteiger partial charge in [0.1, 0.15) is 5.41 Å². The number of carbonyl (C=O) groups is 2. The first kappa shape index (κ1) is 17.1. The van der Waals surface area contributed by atoms with Gasteiger partial charge in [0.15, 0.2) is 11.6 Å². The maximum Gasteiger partial charge on any atom is 0.313 e. The molecule has 8 heteroatoms. The lowest BCUT2D eigenvalue weighted by atomic mass is 9.73. The molecule has 0 unspecified atom stereocenters. The van der Waals surface area contributed by atoms with Gasteiger partial charge in [0.25, 0.3) is 5.91 Å². The minimum atomic E-state index is -1.16. The number of piperidine rings is 1. The van der Waals surface area contributed by atoms with E-state index in [9.17, 15) is 23.5 Å². The van der Waals surface area contributed by atoms with Crippen molar-refractivity contribution in [2.24, 2.45) is 11.3 Å². The van der Waals surface area contributed by atoms with Crippen LogP contribution in [0.4, 0.5) is 8.78 Å². The van der Waals surface area contributed by atoms with Gasteiger partial charge in [0.2, 0.25) is 0 Å². The second-order valence-corrected chi connectivity index (χ2v) is 7.02. The SMILES string of the molecule is CN1CC[C@H]2CN(C(=O)c3cc(F)c(F)cc3Cl)C[C@@]2(C(=O)O)C1. The molecular weight excluding hydrogens is 342 g/mol. The van der Waals surface area contributed by atoms with Crippen molar-refractivity contribution in [2.45, 2.75) is 6.42 Å². The monoisotopic (exact) mass is 358 g/mol. The van der Waals surface area contributed by atoms with Crippen LogP contribution in [0.1, 0.15) is 16.8 Å². The largest absolute Gasteiger partial charge is 0.481 e. The highest BCUT2D eigenvalue weighted by molar-refractivity contribution is 6.33. The van der Waals surface area contributed by atoms with Crippen molar-refractivity contribution in [3.8, 4) is 0 Å². The predicted octanol–water partition coefficient (Wildman–Crippen LogP) is 2.10. The number of likely N-dealkylation sites (tertiary alicyclic amines) is 2. The molecule has 1 amide bonds. The molecular formula is C16H17ClF2N2O3. The Morgan fingerprint density at radius 1 is 1.29 bits per heavy atom. The molecule has 1 aromatic carbocycles. The molecule has 2 saturated heterocycles. The number of hydrogen-bond acceptors (Lipinski definition) is 3. The summed E-state index contributed by atoms with van der Waals surface area (Å²) in [5, 5.41) is 9.54. The van der Waals surface area contributed by atoms with Crippen LogP contribution in [0.5, 0.6) is 0 Å². The molecule has 2 fully saturated rings. The van der Waals surface area contributed by atoms with Gasteiger partial charge in [0, 0.05) is 19.6 Å². The van der Waals surface area contributed by atoms with E-state index in [1.165, 1.54) is 4.90 Å². The van der Waals surface area contributed by atoms with Gasteiger partial charge < -0.3 is 14.9 Å². The number of halogens is 3. The van der Waals surface area contributed by atoms with E-state index in [0.717, 1.165) is 18.7 Å². The average molecular weight is 359 g/mol. The Morgan fingerprint density at radius 2 is 1.96 bits per heavy atom. The molecule has 24 heavy (non-hydrogen) atoms. The van der Waals surface area contributed by atoms with Crippen LogP contribution in [0.25, 0.3) is 0 Å². The van der Waals surface area contributed by atoms with Crippen LogP contribution in [-0.4, -0.2) is 60.0 Å². The molecule has 130 valence electrons. The molecule has 0 saturated carbocycles. The maximum atomic E-state index is 13.5. The van der Waals surface area contributed by atoms with E-state index < -0.39 is 28.9 Å². The van der Waals surface area contributed by atoms with Crippen LogP contribution >= 0.6 is 11.6 Å². The Kier molecular flexibility index (Phi) is 4.25. The van der Waals surface area contributed by atoms with Crippen LogP contribution in [0, 0.1) is 23.0 Å². The second-order valence-electron chi connectivity index (χ2n) is 6.62. The topological polar surface area (TPSA) is 60.9 Å². The van der Waals surface area contributed by atoms with E-state index in [-0.39, 0.29) is 29.6 Å².